The lowest BCUT2D eigenvalue weighted by Crippen LogP contribution is -2.41. The first-order chi connectivity index (χ1) is 11.7. The molecule has 0 radical (unpaired) electrons. The number of benzene rings is 1. The van der Waals surface area contributed by atoms with Crippen LogP contribution in [-0.4, -0.2) is 23.3 Å². The average molecular weight is 340 g/mol. The normalized spacial score (nSPS) is 19.6. The molecule has 25 heavy (non-hydrogen) atoms. The molecule has 1 aliphatic heterocycles. The number of rotatable bonds is 4. The van der Waals surface area contributed by atoms with Gasteiger partial charge >= 0.3 is 7.12 Å². The van der Waals surface area contributed by atoms with Gasteiger partial charge in [0.2, 0.25) is 0 Å². The summed E-state index contributed by atoms with van der Waals surface area (Å²) in [5, 5.41) is 0. The molecule has 1 atom stereocenters. The van der Waals surface area contributed by atoms with E-state index < -0.39 is 18.3 Å². The van der Waals surface area contributed by atoms with Crippen molar-refractivity contribution in [2.24, 2.45) is 0 Å². The molecule has 5 nitrogen and oxygen atoms in total. The van der Waals surface area contributed by atoms with Crippen molar-refractivity contribution in [3.63, 3.8) is 0 Å². The van der Waals surface area contributed by atoms with E-state index in [-0.39, 0.29) is 6.10 Å². The van der Waals surface area contributed by atoms with Crippen molar-refractivity contribution >= 4 is 18.4 Å². The lowest BCUT2D eigenvalue weighted by atomic mass is 9.80. The molecular weight excluding hydrogens is 315 g/mol. The number of nitrogens with two attached hydrogens (primary N) is 1. The maximum atomic E-state index is 6.08. The van der Waals surface area contributed by atoms with Gasteiger partial charge in [-0.05, 0) is 46.2 Å². The van der Waals surface area contributed by atoms with Crippen LogP contribution in [0.2, 0.25) is 0 Å². The summed E-state index contributed by atoms with van der Waals surface area (Å²) in [6.07, 6.45) is 1.54. The summed E-state index contributed by atoms with van der Waals surface area (Å²) >= 11 is 0. The molecule has 0 aliphatic carbocycles. The Balaban J connectivity index is 1.82. The highest BCUT2D eigenvalue weighted by Crippen LogP contribution is 2.37. The summed E-state index contributed by atoms with van der Waals surface area (Å²) in [6, 6.07) is 11.8. The van der Waals surface area contributed by atoms with Gasteiger partial charge in [-0.25, -0.2) is 4.98 Å². The van der Waals surface area contributed by atoms with Gasteiger partial charge in [0.05, 0.1) is 11.2 Å². The summed E-state index contributed by atoms with van der Waals surface area (Å²) in [5.41, 5.74) is 7.06. The van der Waals surface area contributed by atoms with Gasteiger partial charge < -0.3 is 19.8 Å². The second-order valence-corrected chi connectivity index (χ2v) is 7.41. The number of anilines is 1. The van der Waals surface area contributed by atoms with Crippen LogP contribution in [0, 0.1) is 0 Å². The fourth-order valence-electron chi connectivity index (χ4n) is 2.66. The number of hydrogen-bond donors (Lipinski definition) is 1. The number of nitrogens with zero attached hydrogens (tertiary/aromatic N) is 1. The van der Waals surface area contributed by atoms with E-state index in [1.165, 1.54) is 0 Å². The number of nitrogen functional groups attached to an aromatic ring is 1. The van der Waals surface area contributed by atoms with Gasteiger partial charge in [0.15, 0.2) is 11.6 Å². The Morgan fingerprint density at radius 3 is 2.28 bits per heavy atom. The molecule has 1 fully saturated rings. The van der Waals surface area contributed by atoms with Gasteiger partial charge in [0.1, 0.15) is 6.10 Å². The molecular formula is C19H25BN2O3. The Morgan fingerprint density at radius 2 is 1.68 bits per heavy atom. The molecule has 6 heteroatoms. The lowest BCUT2D eigenvalue weighted by molar-refractivity contribution is 0.00578. The molecule has 1 saturated heterocycles. The molecule has 0 spiro atoms. The van der Waals surface area contributed by atoms with Gasteiger partial charge in [-0.3, -0.25) is 0 Å². The van der Waals surface area contributed by atoms with Crippen LogP contribution in [0.1, 0.15) is 46.3 Å². The molecule has 2 heterocycles. The third-order valence-corrected chi connectivity index (χ3v) is 5.00. The van der Waals surface area contributed by atoms with E-state index in [1.54, 1.807) is 6.20 Å². The predicted octanol–water partition coefficient (Wildman–Crippen LogP) is 3.10. The maximum Gasteiger partial charge on any atom is 0.496 e. The third-order valence-electron chi connectivity index (χ3n) is 5.00. The van der Waals surface area contributed by atoms with Gasteiger partial charge in [0.25, 0.3) is 0 Å². The Kier molecular flexibility index (Phi) is 4.52. The largest absolute Gasteiger partial charge is 0.496 e. The Bertz CT molecular complexity index is 734. The summed E-state index contributed by atoms with van der Waals surface area (Å²) in [7, 11) is -0.493. The Hall–Kier alpha value is -2.05. The predicted molar refractivity (Wildman–Crippen MR) is 99.9 cm³/mol. The van der Waals surface area contributed by atoms with Gasteiger partial charge in [-0.2, -0.15) is 0 Å². The molecule has 1 unspecified atom stereocenters. The molecule has 3 rings (SSSR count). The van der Waals surface area contributed by atoms with Crippen LogP contribution in [-0.2, 0) is 9.31 Å². The van der Waals surface area contributed by atoms with Gasteiger partial charge in [-0.15, -0.1) is 0 Å². The zero-order valence-electron chi connectivity index (χ0n) is 15.4. The van der Waals surface area contributed by atoms with E-state index in [4.69, 9.17) is 19.8 Å². The zero-order chi connectivity index (χ0) is 18.2. The quantitative estimate of drug-likeness (QED) is 0.867. The monoisotopic (exact) mass is 340 g/mol. The molecule has 0 amide bonds. The maximum absolute atomic E-state index is 6.08. The zero-order valence-corrected chi connectivity index (χ0v) is 15.4. The first kappa shape index (κ1) is 17.8. The van der Waals surface area contributed by atoms with Crippen molar-refractivity contribution in [3.05, 3.63) is 48.2 Å². The highest BCUT2D eigenvalue weighted by atomic mass is 16.7. The van der Waals surface area contributed by atoms with Crippen LogP contribution in [0.25, 0.3) is 0 Å². The Labute approximate surface area is 149 Å². The molecule has 132 valence electrons. The van der Waals surface area contributed by atoms with E-state index in [0.717, 1.165) is 11.0 Å². The molecule has 1 aliphatic rings. The van der Waals surface area contributed by atoms with E-state index in [0.29, 0.717) is 11.6 Å². The van der Waals surface area contributed by atoms with Crippen LogP contribution in [0.5, 0.6) is 5.75 Å². The highest BCUT2D eigenvalue weighted by Gasteiger charge is 2.52. The van der Waals surface area contributed by atoms with E-state index in [2.05, 4.69) is 4.98 Å². The minimum Gasteiger partial charge on any atom is -0.482 e. The van der Waals surface area contributed by atoms with Crippen molar-refractivity contribution in [1.82, 2.24) is 4.98 Å². The van der Waals surface area contributed by atoms with Crippen LogP contribution >= 0.6 is 0 Å². The standard InChI is InChI=1S/C19H25BN2O3/c1-13(14-9-7-6-8-10-14)23-16-11-15(12-22-17(16)21)20-24-18(2,3)19(4,5)25-20/h6-13H,1-5H3,(H2,21,22). The minimum absolute atomic E-state index is 0.140. The summed E-state index contributed by atoms with van der Waals surface area (Å²) < 4.78 is 18.2. The fraction of sp³-hybridized carbons (Fsp3) is 0.421. The third kappa shape index (κ3) is 3.50. The topological polar surface area (TPSA) is 66.6 Å². The SMILES string of the molecule is CC(Oc1cc(B2OC(C)(C)C(C)(C)O2)cnc1N)c1ccccc1. The average Bonchev–Trinajstić information content (AvgIpc) is 2.78. The summed E-state index contributed by atoms with van der Waals surface area (Å²) in [5.74, 6) is 0.881. The van der Waals surface area contributed by atoms with Crippen molar-refractivity contribution in [1.29, 1.82) is 0 Å². The smallest absolute Gasteiger partial charge is 0.482 e. The van der Waals surface area contributed by atoms with Gasteiger partial charge in [-0.1, -0.05) is 30.3 Å². The first-order valence-electron chi connectivity index (χ1n) is 8.52. The van der Waals surface area contributed by atoms with E-state index in [1.807, 2.05) is 71.0 Å². The van der Waals surface area contributed by atoms with Crippen LogP contribution in [0.3, 0.4) is 0 Å². The van der Waals surface area contributed by atoms with Gasteiger partial charge in [0, 0.05) is 11.7 Å². The van der Waals surface area contributed by atoms with E-state index in [9.17, 15) is 0 Å². The molecule has 0 bridgehead atoms. The second kappa shape index (κ2) is 6.35. The molecule has 2 aromatic rings. The van der Waals surface area contributed by atoms with E-state index >= 15 is 0 Å². The number of ether oxygens (including phenoxy) is 1. The fourth-order valence-corrected chi connectivity index (χ4v) is 2.66. The number of hydrogen-bond acceptors (Lipinski definition) is 5. The number of aromatic nitrogens is 1. The molecule has 1 aromatic heterocycles. The highest BCUT2D eigenvalue weighted by molar-refractivity contribution is 6.62. The van der Waals surface area contributed by atoms with Crippen molar-refractivity contribution in [2.45, 2.75) is 51.9 Å². The first-order valence-corrected chi connectivity index (χ1v) is 8.52. The van der Waals surface area contributed by atoms with Crippen molar-refractivity contribution in [2.75, 3.05) is 5.73 Å². The van der Waals surface area contributed by atoms with Crippen molar-refractivity contribution in [3.8, 4) is 5.75 Å². The van der Waals surface area contributed by atoms with Crippen LogP contribution in [0.15, 0.2) is 42.6 Å². The lowest BCUT2D eigenvalue weighted by Gasteiger charge is -2.32. The Morgan fingerprint density at radius 1 is 1.08 bits per heavy atom. The molecule has 2 N–H and O–H groups in total. The van der Waals surface area contributed by atoms with Crippen LogP contribution in [0.4, 0.5) is 5.82 Å². The second-order valence-electron chi connectivity index (χ2n) is 7.41. The summed E-state index contributed by atoms with van der Waals surface area (Å²) in [6.45, 7) is 10.1. The number of pyridine rings is 1. The minimum atomic E-state index is -0.493. The van der Waals surface area contributed by atoms with Crippen molar-refractivity contribution < 1.29 is 14.0 Å². The molecule has 0 saturated carbocycles. The molecule has 1 aromatic carbocycles. The van der Waals surface area contributed by atoms with Crippen LogP contribution < -0.4 is 15.9 Å². The summed E-state index contributed by atoms with van der Waals surface area (Å²) in [4.78, 5) is 4.26.